The van der Waals surface area contributed by atoms with Gasteiger partial charge in [-0.3, -0.25) is 0 Å². The first-order valence-corrected chi connectivity index (χ1v) is 6.41. The van der Waals surface area contributed by atoms with E-state index in [0.29, 0.717) is 6.61 Å². The second-order valence-electron chi connectivity index (χ2n) is 4.73. The molecule has 1 aliphatic rings. The number of methoxy groups -OCH3 is 1. The van der Waals surface area contributed by atoms with Crippen LogP contribution in [-0.2, 0) is 0 Å². The molecule has 1 atom stereocenters. The molecule has 0 aromatic heterocycles. The Morgan fingerprint density at radius 2 is 2.05 bits per heavy atom. The number of hydrogen-bond donors (Lipinski definition) is 1. The van der Waals surface area contributed by atoms with Crippen molar-refractivity contribution in [2.75, 3.05) is 19.0 Å². The molecule has 0 aliphatic carbocycles. The van der Waals surface area contributed by atoms with E-state index in [1.54, 1.807) is 7.11 Å². The normalized spacial score (nSPS) is 17.1. The predicted octanol–water partition coefficient (Wildman–Crippen LogP) is 3.55. The van der Waals surface area contributed by atoms with Crippen LogP contribution in [0.4, 0.5) is 5.69 Å². The fraction of sp³-hybridized carbons (Fsp3) is 0.250. The highest BCUT2D eigenvalue weighted by Gasteiger charge is 2.20. The fourth-order valence-corrected chi connectivity index (χ4v) is 2.41. The van der Waals surface area contributed by atoms with Gasteiger partial charge in [0.25, 0.3) is 0 Å². The van der Waals surface area contributed by atoms with Gasteiger partial charge in [0, 0.05) is 0 Å². The highest BCUT2D eigenvalue weighted by Crippen LogP contribution is 2.34. The van der Waals surface area contributed by atoms with Gasteiger partial charge in [0.15, 0.2) is 0 Å². The summed E-state index contributed by atoms with van der Waals surface area (Å²) in [6.07, 6.45) is 0. The van der Waals surface area contributed by atoms with Crippen LogP contribution in [0.25, 0.3) is 0 Å². The first-order valence-electron chi connectivity index (χ1n) is 6.41. The highest BCUT2D eigenvalue weighted by molar-refractivity contribution is 5.59. The number of aryl methyl sites for hydroxylation is 1. The smallest absolute Gasteiger partial charge is 0.142 e. The number of rotatable bonds is 2. The van der Waals surface area contributed by atoms with E-state index in [0.717, 1.165) is 22.7 Å². The maximum Gasteiger partial charge on any atom is 0.142 e. The molecule has 0 radical (unpaired) electrons. The van der Waals surface area contributed by atoms with E-state index in [2.05, 4.69) is 24.4 Å². The summed E-state index contributed by atoms with van der Waals surface area (Å²) in [5.74, 6) is 1.84. The van der Waals surface area contributed by atoms with Crippen LogP contribution < -0.4 is 14.8 Å². The average Bonchev–Trinajstić information content (AvgIpc) is 2.46. The molecule has 0 amide bonds. The number of para-hydroxylation sites is 2. The average molecular weight is 255 g/mol. The van der Waals surface area contributed by atoms with Crippen LogP contribution in [0.1, 0.15) is 17.2 Å². The minimum atomic E-state index is 0.180. The lowest BCUT2D eigenvalue weighted by molar-refractivity contribution is 0.286. The van der Waals surface area contributed by atoms with Crippen molar-refractivity contribution in [1.29, 1.82) is 0 Å². The van der Waals surface area contributed by atoms with Gasteiger partial charge in [-0.1, -0.05) is 24.3 Å². The van der Waals surface area contributed by atoms with Crippen molar-refractivity contribution in [3.05, 3.63) is 53.6 Å². The van der Waals surface area contributed by atoms with E-state index in [9.17, 15) is 0 Å². The van der Waals surface area contributed by atoms with Crippen LogP contribution in [0, 0.1) is 6.92 Å². The summed E-state index contributed by atoms with van der Waals surface area (Å²) < 4.78 is 11.1. The van der Waals surface area contributed by atoms with Gasteiger partial charge in [-0.2, -0.15) is 0 Å². The maximum atomic E-state index is 5.79. The summed E-state index contributed by atoms with van der Waals surface area (Å²) in [6.45, 7) is 2.70. The predicted molar refractivity (Wildman–Crippen MR) is 76.0 cm³/mol. The molecule has 0 bridgehead atoms. The van der Waals surface area contributed by atoms with Crippen molar-refractivity contribution in [3.63, 3.8) is 0 Å². The van der Waals surface area contributed by atoms with Crippen LogP contribution in [0.2, 0.25) is 0 Å². The number of hydrogen-bond acceptors (Lipinski definition) is 3. The van der Waals surface area contributed by atoms with Crippen LogP contribution in [0.15, 0.2) is 42.5 Å². The fourth-order valence-electron chi connectivity index (χ4n) is 2.41. The zero-order valence-electron chi connectivity index (χ0n) is 11.1. The summed E-state index contributed by atoms with van der Waals surface area (Å²) >= 11 is 0. The zero-order valence-corrected chi connectivity index (χ0v) is 11.1. The Hall–Kier alpha value is -2.16. The van der Waals surface area contributed by atoms with E-state index >= 15 is 0 Å². The van der Waals surface area contributed by atoms with Crippen molar-refractivity contribution < 1.29 is 9.47 Å². The molecule has 2 aromatic carbocycles. The third-order valence-corrected chi connectivity index (χ3v) is 3.44. The van der Waals surface area contributed by atoms with Crippen molar-refractivity contribution >= 4 is 5.69 Å². The van der Waals surface area contributed by atoms with Crippen LogP contribution in [0.5, 0.6) is 11.5 Å². The van der Waals surface area contributed by atoms with E-state index in [1.165, 1.54) is 5.56 Å². The molecule has 0 saturated carbocycles. The van der Waals surface area contributed by atoms with Gasteiger partial charge in [0.05, 0.1) is 18.8 Å². The molecule has 19 heavy (non-hydrogen) atoms. The first-order chi connectivity index (χ1) is 9.28. The monoisotopic (exact) mass is 255 g/mol. The van der Waals surface area contributed by atoms with Gasteiger partial charge in [-0.15, -0.1) is 0 Å². The lowest BCUT2D eigenvalue weighted by Gasteiger charge is -2.28. The lowest BCUT2D eigenvalue weighted by atomic mass is 10.0. The summed E-state index contributed by atoms with van der Waals surface area (Å²) in [6, 6.07) is 14.4. The van der Waals surface area contributed by atoms with Gasteiger partial charge in [0.2, 0.25) is 0 Å². The summed E-state index contributed by atoms with van der Waals surface area (Å²) in [5, 5.41) is 3.51. The Morgan fingerprint density at radius 1 is 1.21 bits per heavy atom. The van der Waals surface area contributed by atoms with Crippen molar-refractivity contribution in [2.45, 2.75) is 13.0 Å². The quantitative estimate of drug-likeness (QED) is 0.890. The second-order valence-corrected chi connectivity index (χ2v) is 4.73. The standard InChI is InChI=1S/C16H17NO2/c1-11-9-12(7-8-15(11)18-2)14-10-19-16-6-4-3-5-13(16)17-14/h3-9,14,17H,10H2,1-2H3. The van der Waals surface area contributed by atoms with Crippen LogP contribution in [0.3, 0.4) is 0 Å². The second kappa shape index (κ2) is 4.84. The summed E-state index contributed by atoms with van der Waals surface area (Å²) in [7, 11) is 1.69. The van der Waals surface area contributed by atoms with Gasteiger partial charge in [-0.25, -0.2) is 0 Å². The molecule has 98 valence electrons. The molecule has 3 heteroatoms. The van der Waals surface area contributed by atoms with Crippen molar-refractivity contribution in [2.24, 2.45) is 0 Å². The SMILES string of the molecule is COc1ccc(C2COc3ccccc3N2)cc1C. The molecule has 1 N–H and O–H groups in total. The molecule has 1 aliphatic heterocycles. The maximum absolute atomic E-state index is 5.79. The third kappa shape index (κ3) is 2.24. The molecule has 0 spiro atoms. The van der Waals surface area contributed by atoms with Gasteiger partial charge < -0.3 is 14.8 Å². The molecular weight excluding hydrogens is 238 g/mol. The Morgan fingerprint density at radius 3 is 2.84 bits per heavy atom. The minimum absolute atomic E-state index is 0.180. The zero-order chi connectivity index (χ0) is 13.2. The molecule has 3 nitrogen and oxygen atoms in total. The Balaban J connectivity index is 1.87. The van der Waals surface area contributed by atoms with Crippen molar-refractivity contribution in [1.82, 2.24) is 0 Å². The van der Waals surface area contributed by atoms with Crippen LogP contribution in [-0.4, -0.2) is 13.7 Å². The third-order valence-electron chi connectivity index (χ3n) is 3.44. The number of fused-ring (bicyclic) bond motifs is 1. The van der Waals surface area contributed by atoms with Gasteiger partial charge >= 0.3 is 0 Å². The molecule has 1 heterocycles. The highest BCUT2D eigenvalue weighted by atomic mass is 16.5. The first kappa shape index (κ1) is 11.9. The van der Waals surface area contributed by atoms with Crippen molar-refractivity contribution in [3.8, 4) is 11.5 Å². The molecular formula is C16H17NO2. The lowest BCUT2D eigenvalue weighted by Crippen LogP contribution is -2.23. The number of nitrogens with one attached hydrogen (secondary N) is 1. The molecule has 1 unspecified atom stereocenters. The topological polar surface area (TPSA) is 30.5 Å². The number of anilines is 1. The van der Waals surface area contributed by atoms with E-state index in [4.69, 9.17) is 9.47 Å². The largest absolute Gasteiger partial charge is 0.496 e. The molecule has 0 fully saturated rings. The van der Waals surface area contributed by atoms with Gasteiger partial charge in [0.1, 0.15) is 18.1 Å². The minimum Gasteiger partial charge on any atom is -0.496 e. The van der Waals surface area contributed by atoms with Gasteiger partial charge in [-0.05, 0) is 36.2 Å². The molecule has 2 aromatic rings. The number of benzene rings is 2. The van der Waals surface area contributed by atoms with E-state index in [1.807, 2.05) is 30.3 Å². The molecule has 3 rings (SSSR count). The van der Waals surface area contributed by atoms with E-state index < -0.39 is 0 Å². The van der Waals surface area contributed by atoms with E-state index in [-0.39, 0.29) is 6.04 Å². The Bertz CT molecular complexity index is 595. The Kier molecular flexibility index (Phi) is 3.03. The number of ether oxygens (including phenoxy) is 2. The van der Waals surface area contributed by atoms with Crippen LogP contribution >= 0.6 is 0 Å². The summed E-state index contributed by atoms with van der Waals surface area (Å²) in [5.41, 5.74) is 3.40. The summed E-state index contributed by atoms with van der Waals surface area (Å²) in [4.78, 5) is 0. The Labute approximate surface area is 113 Å². The molecule has 0 saturated heterocycles.